The Morgan fingerprint density at radius 1 is 1.57 bits per heavy atom. The summed E-state index contributed by atoms with van der Waals surface area (Å²) in [6.45, 7) is 4.53. The second-order valence-electron chi connectivity index (χ2n) is 4.88. The van der Waals surface area contributed by atoms with E-state index >= 15 is 0 Å². The predicted octanol–water partition coefficient (Wildman–Crippen LogP) is 3.66. The number of halogens is 1. The summed E-state index contributed by atoms with van der Waals surface area (Å²) in [5.74, 6) is 1.07. The molecule has 0 radical (unpaired) electrons. The number of aromatic nitrogens is 1. The Balaban J connectivity index is 1.98. The molecular weight excluding hydrogens is 354 g/mol. The van der Waals surface area contributed by atoms with Gasteiger partial charge in [0.1, 0.15) is 5.76 Å². The Bertz CT molecular complexity index is 611. The minimum Gasteiger partial charge on any atom is -0.360 e. The van der Waals surface area contributed by atoms with E-state index in [1.54, 1.807) is 24.3 Å². The highest BCUT2D eigenvalue weighted by atomic mass is 79.9. The molecule has 114 valence electrons. The molecule has 1 atom stereocenters. The third-order valence-corrected chi connectivity index (χ3v) is 4.81. The normalized spacial score (nSPS) is 12.6. The lowest BCUT2D eigenvalue weighted by molar-refractivity contribution is -0.121. The predicted molar refractivity (Wildman–Crippen MR) is 87.4 cm³/mol. The summed E-state index contributed by atoms with van der Waals surface area (Å²) in [4.78, 5) is 15.6. The second kappa shape index (κ2) is 7.20. The maximum absolute atomic E-state index is 12.3. The zero-order valence-corrected chi connectivity index (χ0v) is 14.6. The lowest BCUT2D eigenvalue weighted by Crippen LogP contribution is -2.41. The number of hydrogen-bond donors (Lipinski definition) is 1. The molecular formula is C14H18BrN3O2S. The smallest absolute Gasteiger partial charge is 0.242 e. The maximum Gasteiger partial charge on any atom is 0.242 e. The highest BCUT2D eigenvalue weighted by Gasteiger charge is 2.22. The van der Waals surface area contributed by atoms with Crippen molar-refractivity contribution in [2.24, 2.45) is 0 Å². The van der Waals surface area contributed by atoms with Gasteiger partial charge in [0.05, 0.1) is 6.04 Å². The first-order valence-corrected chi connectivity index (χ1v) is 8.34. The molecule has 0 spiro atoms. The zero-order chi connectivity index (χ0) is 15.4. The SMILES string of the molecule is CC[C@@H](C(=O)Nc1cc(C)on1)N(C)Cc1cc(Br)cs1. The summed E-state index contributed by atoms with van der Waals surface area (Å²) >= 11 is 5.12. The van der Waals surface area contributed by atoms with Gasteiger partial charge in [-0.2, -0.15) is 0 Å². The van der Waals surface area contributed by atoms with Crippen LogP contribution in [0.15, 0.2) is 26.5 Å². The summed E-state index contributed by atoms with van der Waals surface area (Å²) in [5.41, 5.74) is 0. The quantitative estimate of drug-likeness (QED) is 0.841. The van der Waals surface area contributed by atoms with E-state index in [0.29, 0.717) is 11.6 Å². The zero-order valence-electron chi connectivity index (χ0n) is 12.2. The molecule has 21 heavy (non-hydrogen) atoms. The highest BCUT2D eigenvalue weighted by molar-refractivity contribution is 9.10. The Morgan fingerprint density at radius 2 is 2.33 bits per heavy atom. The highest BCUT2D eigenvalue weighted by Crippen LogP contribution is 2.22. The van der Waals surface area contributed by atoms with E-state index in [4.69, 9.17) is 4.52 Å². The fourth-order valence-corrected chi connectivity index (χ4v) is 3.64. The van der Waals surface area contributed by atoms with Gasteiger partial charge in [-0.1, -0.05) is 12.1 Å². The van der Waals surface area contributed by atoms with Gasteiger partial charge in [0.15, 0.2) is 5.82 Å². The molecule has 2 heterocycles. The van der Waals surface area contributed by atoms with Gasteiger partial charge in [-0.15, -0.1) is 11.3 Å². The summed E-state index contributed by atoms with van der Waals surface area (Å²) in [7, 11) is 1.95. The van der Waals surface area contributed by atoms with Crippen molar-refractivity contribution in [1.82, 2.24) is 10.1 Å². The van der Waals surface area contributed by atoms with E-state index in [2.05, 4.69) is 32.5 Å². The van der Waals surface area contributed by atoms with Crippen molar-refractivity contribution in [3.8, 4) is 0 Å². The van der Waals surface area contributed by atoms with Crippen LogP contribution in [0.4, 0.5) is 5.82 Å². The number of thiophene rings is 1. The number of nitrogens with zero attached hydrogens (tertiary/aromatic N) is 2. The van der Waals surface area contributed by atoms with Gasteiger partial charge in [0.2, 0.25) is 5.91 Å². The lowest BCUT2D eigenvalue weighted by Gasteiger charge is -2.25. The number of hydrogen-bond acceptors (Lipinski definition) is 5. The number of anilines is 1. The molecule has 0 saturated heterocycles. The summed E-state index contributed by atoms with van der Waals surface area (Å²) < 4.78 is 6.03. The van der Waals surface area contributed by atoms with Crippen LogP contribution >= 0.6 is 27.3 Å². The van der Waals surface area contributed by atoms with Crippen LogP contribution in [0.3, 0.4) is 0 Å². The van der Waals surface area contributed by atoms with Gasteiger partial charge < -0.3 is 9.84 Å². The number of aryl methyl sites for hydroxylation is 1. The molecule has 1 N–H and O–H groups in total. The number of carbonyl (C=O) groups excluding carboxylic acids is 1. The third kappa shape index (κ3) is 4.39. The van der Waals surface area contributed by atoms with Crippen molar-refractivity contribution in [2.75, 3.05) is 12.4 Å². The van der Waals surface area contributed by atoms with Crippen molar-refractivity contribution in [2.45, 2.75) is 32.9 Å². The molecule has 7 heteroatoms. The number of rotatable bonds is 6. The van der Waals surface area contributed by atoms with Crippen molar-refractivity contribution in [3.63, 3.8) is 0 Å². The number of nitrogens with one attached hydrogen (secondary N) is 1. The van der Waals surface area contributed by atoms with Crippen molar-refractivity contribution >= 4 is 39.0 Å². The summed E-state index contributed by atoms with van der Waals surface area (Å²) in [6, 6.07) is 3.58. The van der Waals surface area contributed by atoms with Crippen LogP contribution < -0.4 is 5.32 Å². The number of amides is 1. The third-order valence-electron chi connectivity index (χ3n) is 3.13. The van der Waals surface area contributed by atoms with Gasteiger partial charge in [0, 0.05) is 27.3 Å². The molecule has 0 aliphatic rings. The van der Waals surface area contributed by atoms with Crippen LogP contribution in [-0.4, -0.2) is 29.1 Å². The largest absolute Gasteiger partial charge is 0.360 e. The Labute approximate surface area is 136 Å². The monoisotopic (exact) mass is 371 g/mol. The van der Waals surface area contributed by atoms with Gasteiger partial charge in [-0.3, -0.25) is 9.69 Å². The fraction of sp³-hybridized carbons (Fsp3) is 0.429. The molecule has 0 saturated carbocycles. The molecule has 0 unspecified atom stereocenters. The van der Waals surface area contributed by atoms with Crippen LogP contribution in [0.2, 0.25) is 0 Å². The van der Waals surface area contributed by atoms with Gasteiger partial charge in [-0.05, 0) is 42.4 Å². The minimum atomic E-state index is -0.206. The summed E-state index contributed by atoms with van der Waals surface area (Å²) in [5, 5.41) is 8.63. The van der Waals surface area contributed by atoms with Crippen LogP contribution in [-0.2, 0) is 11.3 Å². The van der Waals surface area contributed by atoms with E-state index in [1.165, 1.54) is 4.88 Å². The first-order valence-electron chi connectivity index (χ1n) is 6.67. The Morgan fingerprint density at radius 3 is 2.86 bits per heavy atom. The molecule has 1 amide bonds. The van der Waals surface area contributed by atoms with E-state index in [1.807, 2.05) is 24.3 Å². The Kier molecular flexibility index (Phi) is 5.55. The summed E-state index contributed by atoms with van der Waals surface area (Å²) in [6.07, 6.45) is 0.728. The van der Waals surface area contributed by atoms with E-state index in [9.17, 15) is 4.79 Å². The molecule has 0 bridgehead atoms. The van der Waals surface area contributed by atoms with E-state index < -0.39 is 0 Å². The first kappa shape index (κ1) is 16.2. The first-order chi connectivity index (χ1) is 9.99. The van der Waals surface area contributed by atoms with Crippen LogP contribution in [0.1, 0.15) is 24.0 Å². The van der Waals surface area contributed by atoms with E-state index in [0.717, 1.165) is 17.4 Å². The van der Waals surface area contributed by atoms with Crippen LogP contribution in [0.5, 0.6) is 0 Å². The van der Waals surface area contributed by atoms with Crippen molar-refractivity contribution < 1.29 is 9.32 Å². The molecule has 0 aromatic carbocycles. The van der Waals surface area contributed by atoms with Crippen LogP contribution in [0, 0.1) is 6.92 Å². The van der Waals surface area contributed by atoms with Gasteiger partial charge in [-0.25, -0.2) is 0 Å². The molecule has 0 fully saturated rings. The fourth-order valence-electron chi connectivity index (χ4n) is 2.12. The molecule has 0 aliphatic carbocycles. The Hall–Kier alpha value is -1.18. The molecule has 5 nitrogen and oxygen atoms in total. The van der Waals surface area contributed by atoms with Crippen LogP contribution in [0.25, 0.3) is 0 Å². The maximum atomic E-state index is 12.3. The average molecular weight is 372 g/mol. The molecule has 2 rings (SSSR count). The van der Waals surface area contributed by atoms with Gasteiger partial charge in [0.25, 0.3) is 0 Å². The van der Waals surface area contributed by atoms with Crippen molar-refractivity contribution in [3.05, 3.63) is 32.6 Å². The molecule has 2 aromatic heterocycles. The minimum absolute atomic E-state index is 0.0658. The topological polar surface area (TPSA) is 58.4 Å². The lowest BCUT2D eigenvalue weighted by atomic mass is 10.2. The standard InChI is InChI=1S/C14H18BrN3O2S/c1-4-12(14(19)16-13-5-9(2)20-17-13)18(3)7-11-6-10(15)8-21-11/h5-6,8,12H,4,7H2,1-3H3,(H,16,17,19)/t12-/m0/s1. The average Bonchev–Trinajstić information content (AvgIpc) is 2.99. The number of carbonyl (C=O) groups is 1. The second-order valence-corrected chi connectivity index (χ2v) is 6.79. The molecule has 2 aromatic rings. The van der Waals surface area contributed by atoms with Gasteiger partial charge >= 0.3 is 0 Å². The van der Waals surface area contributed by atoms with Crippen molar-refractivity contribution in [1.29, 1.82) is 0 Å². The molecule has 0 aliphatic heterocycles. The van der Waals surface area contributed by atoms with E-state index in [-0.39, 0.29) is 11.9 Å². The number of likely N-dealkylation sites (N-methyl/N-ethyl adjacent to an activating group) is 1.